The van der Waals surface area contributed by atoms with Crippen LogP contribution in [0.15, 0.2) is 41.2 Å². The summed E-state index contributed by atoms with van der Waals surface area (Å²) < 4.78 is 1.90. The molecule has 0 saturated carbocycles. The second kappa shape index (κ2) is 6.88. The Morgan fingerprint density at radius 2 is 2.08 bits per heavy atom. The smallest absolute Gasteiger partial charge is 0.250 e. The lowest BCUT2D eigenvalue weighted by molar-refractivity contribution is -0.128. The van der Waals surface area contributed by atoms with Crippen LogP contribution in [0.25, 0.3) is 5.57 Å². The Morgan fingerprint density at radius 1 is 1.23 bits per heavy atom. The summed E-state index contributed by atoms with van der Waals surface area (Å²) in [5.41, 5.74) is 2.20. The zero-order valence-corrected chi connectivity index (χ0v) is 16.1. The number of hydrogen-bond acceptors (Lipinski definition) is 3. The summed E-state index contributed by atoms with van der Waals surface area (Å²) in [4.78, 5) is 29.5. The van der Waals surface area contributed by atoms with Gasteiger partial charge in [0.05, 0.1) is 0 Å². The fourth-order valence-electron chi connectivity index (χ4n) is 4.20. The summed E-state index contributed by atoms with van der Waals surface area (Å²) in [6, 6.07) is 9.75. The third-order valence-electron chi connectivity index (χ3n) is 5.53. The first-order valence-electron chi connectivity index (χ1n) is 9.31. The number of aryl methyl sites for hydroxylation is 1. The average molecular weight is 369 g/mol. The fourth-order valence-corrected chi connectivity index (χ4v) is 5.12. The maximum absolute atomic E-state index is 12.9. The number of piperidine rings is 1. The molecule has 0 spiro atoms. The van der Waals surface area contributed by atoms with Crippen LogP contribution in [0.4, 0.5) is 0 Å². The predicted octanol–water partition coefficient (Wildman–Crippen LogP) is 3.52. The molecule has 0 aromatic carbocycles. The minimum Gasteiger partial charge on any atom is -0.338 e. The Kier molecular flexibility index (Phi) is 4.57. The van der Waals surface area contributed by atoms with Crippen molar-refractivity contribution in [3.05, 3.63) is 62.2 Å². The molecule has 0 aliphatic carbocycles. The van der Waals surface area contributed by atoms with E-state index >= 15 is 0 Å². The first kappa shape index (κ1) is 17.3. The lowest BCUT2D eigenvalue weighted by Crippen LogP contribution is -2.48. The van der Waals surface area contributed by atoms with Gasteiger partial charge in [-0.1, -0.05) is 13.0 Å². The molecule has 2 aromatic rings. The van der Waals surface area contributed by atoms with Crippen LogP contribution in [0.2, 0.25) is 0 Å². The van der Waals surface area contributed by atoms with E-state index in [9.17, 15) is 9.59 Å². The number of carbonyl (C=O) groups is 1. The SMILES string of the molecule is CCc1ccc(C(C)=CC(=O)N2CC3CC(C2)c2cccc(=O)n2C3)s1. The lowest BCUT2D eigenvalue weighted by atomic mass is 9.83. The Balaban J connectivity index is 1.54. The van der Waals surface area contributed by atoms with E-state index in [1.165, 1.54) is 9.75 Å². The number of aromatic nitrogens is 1. The van der Waals surface area contributed by atoms with Crippen LogP contribution in [0.5, 0.6) is 0 Å². The molecule has 136 valence electrons. The topological polar surface area (TPSA) is 42.3 Å². The molecule has 1 fully saturated rings. The highest BCUT2D eigenvalue weighted by atomic mass is 32.1. The summed E-state index contributed by atoms with van der Waals surface area (Å²) in [7, 11) is 0. The minimum atomic E-state index is 0.0807. The van der Waals surface area contributed by atoms with Gasteiger partial charge in [-0.3, -0.25) is 9.59 Å². The van der Waals surface area contributed by atoms with Gasteiger partial charge in [0.25, 0.3) is 5.56 Å². The molecule has 4 nitrogen and oxygen atoms in total. The van der Waals surface area contributed by atoms with E-state index in [2.05, 4.69) is 19.1 Å². The summed E-state index contributed by atoms with van der Waals surface area (Å²) in [6.07, 6.45) is 3.88. The molecule has 1 saturated heterocycles. The highest BCUT2D eigenvalue weighted by molar-refractivity contribution is 7.13. The molecule has 2 unspecified atom stereocenters. The van der Waals surface area contributed by atoms with Crippen molar-refractivity contribution >= 4 is 22.8 Å². The van der Waals surface area contributed by atoms with Crippen LogP contribution < -0.4 is 5.56 Å². The van der Waals surface area contributed by atoms with Crippen LogP contribution in [-0.2, 0) is 17.8 Å². The summed E-state index contributed by atoms with van der Waals surface area (Å²) >= 11 is 1.76. The van der Waals surface area contributed by atoms with Crippen molar-refractivity contribution in [2.45, 2.75) is 39.2 Å². The summed E-state index contributed by atoms with van der Waals surface area (Å²) in [5.74, 6) is 0.727. The molecule has 4 rings (SSSR count). The highest BCUT2D eigenvalue weighted by Crippen LogP contribution is 2.35. The minimum absolute atomic E-state index is 0.0807. The average Bonchev–Trinajstić information content (AvgIpc) is 3.12. The fraction of sp³-hybridized carbons (Fsp3) is 0.429. The van der Waals surface area contributed by atoms with Crippen LogP contribution in [0.1, 0.15) is 41.6 Å². The van der Waals surface area contributed by atoms with E-state index in [0.717, 1.165) is 37.2 Å². The standard InChI is InChI=1S/C21H24N2O2S/c1-3-17-7-8-19(26-17)14(2)9-21(25)22-11-15-10-16(13-22)18-5-4-6-20(24)23(18)12-15/h4-9,15-16H,3,10-13H2,1-2H3. The Hall–Kier alpha value is -2.14. The van der Waals surface area contributed by atoms with Crippen molar-refractivity contribution in [1.29, 1.82) is 0 Å². The zero-order chi connectivity index (χ0) is 18.3. The molecule has 26 heavy (non-hydrogen) atoms. The molecule has 0 N–H and O–H groups in total. The molecule has 2 bridgehead atoms. The first-order valence-corrected chi connectivity index (χ1v) is 10.1. The van der Waals surface area contributed by atoms with E-state index in [-0.39, 0.29) is 17.4 Å². The van der Waals surface area contributed by atoms with Crippen LogP contribution in [0.3, 0.4) is 0 Å². The number of nitrogens with zero attached hydrogens (tertiary/aromatic N) is 2. The zero-order valence-electron chi connectivity index (χ0n) is 15.3. The first-order chi connectivity index (χ1) is 12.5. The van der Waals surface area contributed by atoms with Crippen molar-refractivity contribution in [3.8, 4) is 0 Å². The predicted molar refractivity (Wildman–Crippen MR) is 105 cm³/mol. The van der Waals surface area contributed by atoms with Crippen molar-refractivity contribution < 1.29 is 4.79 Å². The van der Waals surface area contributed by atoms with E-state index in [4.69, 9.17) is 0 Å². The quantitative estimate of drug-likeness (QED) is 0.778. The van der Waals surface area contributed by atoms with Crippen LogP contribution in [0, 0.1) is 5.92 Å². The van der Waals surface area contributed by atoms with Crippen LogP contribution in [-0.4, -0.2) is 28.5 Å². The third kappa shape index (κ3) is 3.16. The largest absolute Gasteiger partial charge is 0.338 e. The van der Waals surface area contributed by atoms with Gasteiger partial charge < -0.3 is 9.47 Å². The molecule has 2 aromatic heterocycles. The van der Waals surface area contributed by atoms with Gasteiger partial charge in [0.1, 0.15) is 0 Å². The molecule has 0 radical (unpaired) electrons. The second-order valence-electron chi connectivity index (χ2n) is 7.39. The number of hydrogen-bond donors (Lipinski definition) is 0. The Bertz CT molecular complexity index is 924. The number of pyridine rings is 1. The maximum Gasteiger partial charge on any atom is 0.250 e. The molecule has 2 aliphatic rings. The van der Waals surface area contributed by atoms with Gasteiger partial charge in [-0.15, -0.1) is 11.3 Å². The van der Waals surface area contributed by atoms with Gasteiger partial charge in [0.15, 0.2) is 0 Å². The maximum atomic E-state index is 12.9. The molecular formula is C21H24N2O2S. The van der Waals surface area contributed by atoms with E-state index in [1.807, 2.05) is 28.5 Å². The number of thiophene rings is 1. The Labute approximate surface area is 157 Å². The van der Waals surface area contributed by atoms with E-state index < -0.39 is 0 Å². The summed E-state index contributed by atoms with van der Waals surface area (Å²) in [6.45, 7) is 6.33. The van der Waals surface area contributed by atoms with Crippen molar-refractivity contribution in [2.24, 2.45) is 5.92 Å². The van der Waals surface area contributed by atoms with Crippen molar-refractivity contribution in [2.75, 3.05) is 13.1 Å². The lowest BCUT2D eigenvalue weighted by Gasteiger charge is -2.42. The molecule has 4 heterocycles. The molecule has 1 amide bonds. The molecule has 2 atom stereocenters. The highest BCUT2D eigenvalue weighted by Gasteiger charge is 2.35. The van der Waals surface area contributed by atoms with Gasteiger partial charge in [0.2, 0.25) is 5.91 Å². The van der Waals surface area contributed by atoms with E-state index in [1.54, 1.807) is 23.5 Å². The van der Waals surface area contributed by atoms with Gasteiger partial charge >= 0.3 is 0 Å². The monoisotopic (exact) mass is 368 g/mol. The molecule has 5 heteroatoms. The number of rotatable bonds is 3. The van der Waals surface area contributed by atoms with Crippen molar-refractivity contribution in [3.63, 3.8) is 0 Å². The van der Waals surface area contributed by atoms with Crippen molar-refractivity contribution in [1.82, 2.24) is 9.47 Å². The number of carbonyl (C=O) groups excluding carboxylic acids is 1. The number of fused-ring (bicyclic) bond motifs is 4. The second-order valence-corrected chi connectivity index (χ2v) is 8.56. The normalized spacial score (nSPS) is 22.2. The third-order valence-corrected chi connectivity index (χ3v) is 6.90. The van der Waals surface area contributed by atoms with Gasteiger partial charge in [-0.25, -0.2) is 0 Å². The van der Waals surface area contributed by atoms with Gasteiger partial charge in [0, 0.05) is 53.1 Å². The van der Waals surface area contributed by atoms with E-state index in [0.29, 0.717) is 12.5 Å². The molecular weight excluding hydrogens is 344 g/mol. The van der Waals surface area contributed by atoms with Gasteiger partial charge in [-0.05, 0) is 49.5 Å². The number of amides is 1. The summed E-state index contributed by atoms with van der Waals surface area (Å²) in [5, 5.41) is 0. The molecule has 2 aliphatic heterocycles. The van der Waals surface area contributed by atoms with Crippen LogP contribution >= 0.6 is 11.3 Å². The Morgan fingerprint density at radius 3 is 2.85 bits per heavy atom. The number of likely N-dealkylation sites (tertiary alicyclic amines) is 1. The van der Waals surface area contributed by atoms with Gasteiger partial charge in [-0.2, -0.15) is 0 Å². The number of allylic oxidation sites excluding steroid dienone is 1.